The lowest BCUT2D eigenvalue weighted by Gasteiger charge is -2.32. The first kappa shape index (κ1) is 99.2. The Hall–Kier alpha value is -16.0. The van der Waals surface area contributed by atoms with E-state index in [0.717, 1.165) is 149 Å². The number of aromatic nitrogens is 15. The van der Waals surface area contributed by atoms with Crippen LogP contribution in [0, 0.1) is 0 Å². The van der Waals surface area contributed by atoms with E-state index in [0.29, 0.717) is 34.7 Å². The second-order valence-corrected chi connectivity index (χ2v) is 37.8. The molecule has 12 heterocycles. The molecule has 1 aliphatic heterocycles. The first-order chi connectivity index (χ1) is 70.3. The van der Waals surface area contributed by atoms with Crippen LogP contribution in [0.2, 0.25) is 10.6 Å². The maximum atomic E-state index is 12.2. The molecule has 12 aromatic carbocycles. The summed E-state index contributed by atoms with van der Waals surface area (Å²) >= 11 is 21.6. The molecular weight excluding hydrogens is 2030 g/mol. The normalized spacial score (nSPS) is 12.3. The third kappa shape index (κ3) is 23.1. The van der Waals surface area contributed by atoms with Gasteiger partial charge in [-0.05, 0) is 147 Å². The fraction of sp³-hybridized carbons (Fsp3) is 0.0667. The molecule has 24 rings (SSSR count). The van der Waals surface area contributed by atoms with Gasteiger partial charge < -0.3 is 15.0 Å². The van der Waals surface area contributed by atoms with E-state index < -0.39 is 0 Å². The molecule has 0 saturated carbocycles. The van der Waals surface area contributed by atoms with Crippen molar-refractivity contribution in [3.8, 4) is 136 Å². The highest BCUT2D eigenvalue weighted by atomic mass is 79.9. The second kappa shape index (κ2) is 45.5. The lowest BCUT2D eigenvalue weighted by Crippen LogP contribution is -2.41. The summed E-state index contributed by atoms with van der Waals surface area (Å²) in [5.74, 6) is 2.93. The predicted molar refractivity (Wildman–Crippen MR) is 598 cm³/mol. The monoisotopic (exact) mass is 2120 g/mol. The fourth-order valence-corrected chi connectivity index (χ4v) is 18.0. The van der Waals surface area contributed by atoms with E-state index in [1.54, 1.807) is 12.3 Å². The summed E-state index contributed by atoms with van der Waals surface area (Å²) in [4.78, 5) is 62.1. The molecule has 0 radical (unpaired) electrons. The summed E-state index contributed by atoms with van der Waals surface area (Å²) in [7, 11) is -0.362. The summed E-state index contributed by atoms with van der Waals surface area (Å²) in [6, 6.07) is 141. The molecular formula is C120H94BBr3Cl2N16O3. The number of ketones is 1. The van der Waals surface area contributed by atoms with E-state index in [4.69, 9.17) is 73.1 Å². The van der Waals surface area contributed by atoms with Gasteiger partial charge in [-0.15, -0.1) is 0 Å². The highest BCUT2D eigenvalue weighted by Crippen LogP contribution is 2.42. The number of hydrogen-bond acceptors (Lipinski definition) is 15. The van der Waals surface area contributed by atoms with Crippen LogP contribution >= 0.6 is 71.0 Å². The molecule has 1 saturated heterocycles. The molecule has 1 atom stereocenters. The summed E-state index contributed by atoms with van der Waals surface area (Å²) < 4.78 is 23.0. The van der Waals surface area contributed by atoms with E-state index in [1.807, 2.05) is 237 Å². The number of nitrogens with two attached hydrogens (primary N) is 1. The van der Waals surface area contributed by atoms with Crippen molar-refractivity contribution in [1.82, 2.24) is 72.4 Å². The molecule has 0 spiro atoms. The SMILES string of the molecule is Brc1ccc(-c2nc3ccccn3c2-c2ccccc2)cc1.C.CC1(C)OB(c2ccc(-c3nc4ccccn4c3-c3ccccc3)cc2)OC1(C)C.Clc1nc(Cl)nc(-c2ccccc2)n1.Nc1ccccn1.O=C(c1ccc(Br)cc1)C(Br)c1ccccc1.c1ccc(-c2nc(-c3ccc(-c4nc5ccccn5c4-c4ccccc4)cc3)nc(-c3ccc(-c4nc5ccccn5c4-c4ccccc4)cc3)n2)cc1. The van der Waals surface area contributed by atoms with Crippen LogP contribution in [0.4, 0.5) is 5.82 Å². The van der Waals surface area contributed by atoms with Gasteiger partial charge in [0, 0.05) is 112 Å². The molecule has 1 unspecified atom stereocenters. The number of fused-ring (bicyclic) bond motifs is 4. The fourth-order valence-electron chi connectivity index (χ4n) is 16.5. The van der Waals surface area contributed by atoms with Crippen molar-refractivity contribution in [3.05, 3.63) is 486 Å². The number of benzene rings is 12. The minimum Gasteiger partial charge on any atom is -0.399 e. The van der Waals surface area contributed by atoms with Crippen molar-refractivity contribution >= 4 is 118 Å². The van der Waals surface area contributed by atoms with Crippen molar-refractivity contribution in [2.45, 2.75) is 51.2 Å². The number of alkyl halides is 1. The third-order valence-corrected chi connectivity index (χ3v) is 26.7. The quantitative estimate of drug-likeness (QED) is 0.0540. The van der Waals surface area contributed by atoms with Gasteiger partial charge in [-0.3, -0.25) is 22.4 Å². The minimum absolute atomic E-state index is 0. The molecule has 0 bridgehead atoms. The lowest BCUT2D eigenvalue weighted by atomic mass is 9.78. The molecule has 11 aromatic heterocycles. The zero-order valence-electron chi connectivity index (χ0n) is 78.4. The lowest BCUT2D eigenvalue weighted by molar-refractivity contribution is 0.00578. The van der Waals surface area contributed by atoms with Crippen LogP contribution in [0.3, 0.4) is 0 Å². The smallest absolute Gasteiger partial charge is 0.399 e. The van der Waals surface area contributed by atoms with Crippen LogP contribution in [-0.2, 0) is 9.31 Å². The largest absolute Gasteiger partial charge is 0.494 e. The maximum Gasteiger partial charge on any atom is 0.494 e. The molecule has 1 fully saturated rings. The van der Waals surface area contributed by atoms with Gasteiger partial charge in [0.2, 0.25) is 10.6 Å². The molecule has 0 aliphatic carbocycles. The molecule has 710 valence electrons. The van der Waals surface area contributed by atoms with Gasteiger partial charge in [-0.1, -0.05) is 395 Å². The summed E-state index contributed by atoms with van der Waals surface area (Å²) in [6.45, 7) is 8.29. The molecule has 23 aromatic rings. The number of rotatable bonds is 16. The van der Waals surface area contributed by atoms with Gasteiger partial charge in [-0.2, -0.15) is 15.0 Å². The van der Waals surface area contributed by atoms with Crippen LogP contribution in [0.5, 0.6) is 0 Å². The Kier molecular flexibility index (Phi) is 31.2. The third-order valence-electron chi connectivity index (χ3n) is 24.4. The van der Waals surface area contributed by atoms with Crippen LogP contribution in [0.1, 0.15) is 55.9 Å². The number of hydrogen-bond donors (Lipinski definition) is 1. The molecule has 2 N–H and O–H groups in total. The van der Waals surface area contributed by atoms with Crippen molar-refractivity contribution in [3.63, 3.8) is 0 Å². The van der Waals surface area contributed by atoms with Gasteiger partial charge in [0.05, 0.1) is 56.8 Å². The average molecular weight is 2130 g/mol. The minimum atomic E-state index is -0.362. The van der Waals surface area contributed by atoms with Crippen LogP contribution in [-0.4, -0.2) is 96.5 Å². The topological polar surface area (TPSA) is 221 Å². The zero-order chi connectivity index (χ0) is 99.1. The van der Waals surface area contributed by atoms with Crippen molar-refractivity contribution < 1.29 is 14.1 Å². The molecule has 25 heteroatoms. The summed E-state index contributed by atoms with van der Waals surface area (Å²) in [5, 5.41) is 0.202. The number of halogens is 5. The number of nitrogen functional groups attached to an aromatic ring is 1. The van der Waals surface area contributed by atoms with Gasteiger partial charge in [0.1, 0.15) is 33.2 Å². The van der Waals surface area contributed by atoms with Gasteiger partial charge in [-0.25, -0.2) is 39.9 Å². The Morgan fingerprint density at radius 1 is 0.303 bits per heavy atom. The van der Waals surface area contributed by atoms with E-state index >= 15 is 0 Å². The summed E-state index contributed by atoms with van der Waals surface area (Å²) in [5.41, 5.74) is 31.3. The Morgan fingerprint density at radius 2 is 0.566 bits per heavy atom. The average Bonchev–Trinajstić information content (AvgIpc) is 1.65. The molecule has 1 aliphatic rings. The first-order valence-corrected chi connectivity index (χ1v) is 49.7. The number of Topliss-reactive ketones (excluding diaryl/α,β-unsaturated/α-hetero) is 1. The van der Waals surface area contributed by atoms with Crippen LogP contribution < -0.4 is 11.2 Å². The number of anilines is 1. The molecule has 145 heavy (non-hydrogen) atoms. The standard InChI is InChI=1S/C47H31N7.C25H25BN2O2.C19H13BrN2.C14H10Br2O.C9H5Cl2N3.C5H6N2.CH4/c1-4-14-34(15-5-1)43-41(48-39-20-10-12-30-53(39)43)32-22-26-37(27-23-32)46-50-45(36-18-8-3-9-19-36)51-47(52-46)38-28-24-33(25-29-38)42-44(35-16-6-2-7-17-35)54-31-13-11-21-40(54)49-42;1-24(2)25(3,4)30-26(29-24)20-15-13-18(14-16-20)22-23(19-10-6-5-7-11-19)28-17-9-8-12-21(28)27-22;20-16-11-9-14(10-12-16)18-19(15-6-2-1-3-7-15)22-13-5-4-8-17(22)21-18;15-12-8-6-11(7-9-12)14(17)13(16)10-4-2-1-3-5-10;10-8-12-7(13-9(11)14-8)6-4-2-1-3-5-6;6-5-3-1-2-4-7-5;/h1-31H;5-17H,1-4H3;1-13H;1-9,13H;1-5H;1-4H,(H2,6,7);1H4. The van der Waals surface area contributed by atoms with Crippen molar-refractivity contribution in [2.24, 2.45) is 0 Å². The Morgan fingerprint density at radius 3 is 0.869 bits per heavy atom. The zero-order valence-corrected chi connectivity index (χ0v) is 84.6. The van der Waals surface area contributed by atoms with Crippen molar-refractivity contribution in [2.75, 3.05) is 5.73 Å². The summed E-state index contributed by atoms with van der Waals surface area (Å²) in [6.07, 6.45) is 9.91. The number of imidazole rings is 4. The Labute approximate surface area is 875 Å². The Balaban J connectivity index is 0.000000128. The number of nitrogens with zero attached hydrogens (tertiary/aromatic N) is 15. The molecule has 19 nitrogen and oxygen atoms in total. The maximum absolute atomic E-state index is 12.2. The highest BCUT2D eigenvalue weighted by molar-refractivity contribution is 9.10. The number of pyridine rings is 5. The van der Waals surface area contributed by atoms with Crippen LogP contribution in [0.15, 0.2) is 465 Å². The number of carbonyl (C=O) groups is 1. The first-order valence-electron chi connectivity index (χ1n) is 46.4. The van der Waals surface area contributed by atoms with Gasteiger partial charge in [0.15, 0.2) is 29.1 Å². The van der Waals surface area contributed by atoms with E-state index in [1.165, 1.54) is 5.56 Å². The van der Waals surface area contributed by atoms with Gasteiger partial charge in [0.25, 0.3) is 0 Å². The molecule has 0 amide bonds. The van der Waals surface area contributed by atoms with E-state index in [-0.39, 0.29) is 46.9 Å². The Bertz CT molecular complexity index is 8110. The van der Waals surface area contributed by atoms with Gasteiger partial charge >= 0.3 is 7.12 Å². The predicted octanol–water partition coefficient (Wildman–Crippen LogP) is 30.1. The highest BCUT2D eigenvalue weighted by Gasteiger charge is 2.52. The second-order valence-electron chi connectivity index (χ2n) is 34.4. The van der Waals surface area contributed by atoms with E-state index in [9.17, 15) is 4.79 Å². The van der Waals surface area contributed by atoms with Crippen LogP contribution in [0.25, 0.3) is 158 Å². The number of carbonyl (C=O) groups excluding carboxylic acids is 1. The van der Waals surface area contributed by atoms with E-state index in [2.05, 4.69) is 320 Å². The van der Waals surface area contributed by atoms with Crippen molar-refractivity contribution in [1.29, 1.82) is 0 Å².